The molecule has 2 aliphatic heterocycles. The summed E-state index contributed by atoms with van der Waals surface area (Å²) in [7, 11) is -2.57. The van der Waals surface area contributed by atoms with Crippen molar-refractivity contribution in [2.45, 2.75) is 63.9 Å². The van der Waals surface area contributed by atoms with Gasteiger partial charge in [-0.2, -0.15) is 23.9 Å². The van der Waals surface area contributed by atoms with Crippen LogP contribution in [-0.4, -0.2) is 74.1 Å². The van der Waals surface area contributed by atoms with E-state index in [1.54, 1.807) is 0 Å². The van der Waals surface area contributed by atoms with Gasteiger partial charge < -0.3 is 19.9 Å². The smallest absolute Gasteiger partial charge is 0.473 e. The van der Waals surface area contributed by atoms with Crippen LogP contribution in [0.5, 0.6) is 5.88 Å². The van der Waals surface area contributed by atoms with Crippen molar-refractivity contribution in [3.8, 4) is 5.88 Å². The molecule has 2 aliphatic rings. The summed E-state index contributed by atoms with van der Waals surface area (Å²) < 4.78 is 44.8. The van der Waals surface area contributed by atoms with E-state index in [9.17, 15) is 9.69 Å². The molecule has 4 rings (SSSR count). The number of nitrogen functional groups attached to an aromatic ring is 1. The number of rotatable bonds is 6. The second-order valence-electron chi connectivity index (χ2n) is 8.27. The van der Waals surface area contributed by atoms with Gasteiger partial charge in [-0.25, -0.2) is 9.37 Å². The third kappa shape index (κ3) is 4.34. The normalized spacial score (nSPS) is 32.7. The number of nitrogens with two attached hydrogens (primary N) is 1. The van der Waals surface area contributed by atoms with Crippen LogP contribution in [0, 0.1) is 0 Å². The minimum absolute atomic E-state index is 0.0724. The lowest BCUT2D eigenvalue weighted by Gasteiger charge is -2.32. The molecule has 0 radical (unpaired) electrons. The molecule has 2 aromatic heterocycles. The molecule has 0 bridgehead atoms. The number of carbonyl (C=O) groups is 1. The Morgan fingerprint density at radius 3 is 2.85 bits per heavy atom. The number of imidazole rings is 1. The fraction of sp³-hybridized carbons (Fsp3) is 0.667. The second-order valence-corrected chi connectivity index (χ2v) is 10.0. The topological polar surface area (TPSA) is 165 Å². The molecular weight excluding hydrogens is 462 g/mol. The van der Waals surface area contributed by atoms with E-state index in [2.05, 4.69) is 24.8 Å². The maximum atomic E-state index is 16.1. The zero-order valence-corrected chi connectivity index (χ0v) is 19.7. The Morgan fingerprint density at radius 2 is 2.18 bits per heavy atom. The standard InChI is InChI=1S/C18H27FN6O7P/c1-8(2)30-14-11-13(22-17(20)23-14)25(7-21-11)16-18(4,19)12-10(31-16)6-29-33(27,32-12)24-9(3)15(26)28-5/h7-10,12,16,24,27H,6H2,1-5H3,(H2,20,22,23)/q+1/t9?,10-,12-,16-,18-,33?/m1/s1. The third-order valence-electron chi connectivity index (χ3n) is 5.27. The van der Waals surface area contributed by atoms with Crippen molar-refractivity contribution in [1.29, 1.82) is 0 Å². The van der Waals surface area contributed by atoms with Gasteiger partial charge in [0.25, 0.3) is 0 Å². The van der Waals surface area contributed by atoms with Crippen LogP contribution >= 0.6 is 8.09 Å². The lowest BCUT2D eigenvalue weighted by molar-refractivity contribution is -0.142. The molecule has 0 aliphatic carbocycles. The number of esters is 1. The van der Waals surface area contributed by atoms with E-state index in [1.165, 1.54) is 31.9 Å². The van der Waals surface area contributed by atoms with Crippen LogP contribution in [0.3, 0.4) is 0 Å². The van der Waals surface area contributed by atoms with Gasteiger partial charge >= 0.3 is 14.1 Å². The third-order valence-corrected chi connectivity index (χ3v) is 6.99. The Kier molecular flexibility index (Phi) is 6.18. The lowest BCUT2D eigenvalue weighted by atomic mass is 9.98. The number of aromatic nitrogens is 4. The summed E-state index contributed by atoms with van der Waals surface area (Å²) in [5.74, 6) is -0.539. The Hall–Kier alpha value is -2.22. The zero-order valence-electron chi connectivity index (χ0n) is 18.8. The zero-order chi connectivity index (χ0) is 24.1. The molecule has 182 valence electrons. The molecule has 4 heterocycles. The van der Waals surface area contributed by atoms with Crippen LogP contribution in [0.4, 0.5) is 10.3 Å². The van der Waals surface area contributed by atoms with Gasteiger partial charge in [-0.3, -0.25) is 9.36 Å². The van der Waals surface area contributed by atoms with Crippen molar-refractivity contribution in [1.82, 2.24) is 24.6 Å². The summed E-state index contributed by atoms with van der Waals surface area (Å²) in [6, 6.07) is -0.939. The largest absolute Gasteiger partial charge is 0.500 e. The number of carbonyl (C=O) groups excluding carboxylic acids is 1. The number of alkyl halides is 1. The number of methoxy groups -OCH3 is 1. The number of fused-ring (bicyclic) bond motifs is 2. The van der Waals surface area contributed by atoms with Gasteiger partial charge in [-0.1, -0.05) is 0 Å². The van der Waals surface area contributed by atoms with Crippen LogP contribution in [-0.2, 0) is 23.3 Å². The van der Waals surface area contributed by atoms with Crippen LogP contribution in [0.15, 0.2) is 6.33 Å². The molecular formula is C18H27FN6O7P+. The van der Waals surface area contributed by atoms with Crippen molar-refractivity contribution >= 4 is 31.2 Å². The predicted octanol–water partition coefficient (Wildman–Crippen LogP) is 1.06. The first-order valence-electron chi connectivity index (χ1n) is 10.3. The molecule has 0 amide bonds. The quantitative estimate of drug-likeness (QED) is 0.391. The molecule has 2 aromatic rings. The SMILES string of the molecule is COC(=O)C(C)N[P+]1(O)OC[C@H]2O[C@@H](n3cnc4c(OC(C)C)nc(N)nc43)[C@](C)(F)[C@@H]2O1. The molecule has 0 aromatic carbocycles. The van der Waals surface area contributed by atoms with E-state index in [4.69, 9.17) is 24.3 Å². The molecule has 2 fully saturated rings. The molecule has 0 spiro atoms. The first-order valence-corrected chi connectivity index (χ1v) is 11.8. The van der Waals surface area contributed by atoms with Gasteiger partial charge in [-0.05, 0) is 27.7 Å². The highest BCUT2D eigenvalue weighted by atomic mass is 31.2. The molecule has 0 saturated carbocycles. The predicted molar refractivity (Wildman–Crippen MR) is 113 cm³/mol. The number of halogens is 1. The van der Waals surface area contributed by atoms with Gasteiger partial charge in [0.05, 0.1) is 19.5 Å². The Bertz CT molecular complexity index is 1050. The Labute approximate surface area is 189 Å². The highest BCUT2D eigenvalue weighted by Gasteiger charge is 2.66. The molecule has 33 heavy (non-hydrogen) atoms. The minimum Gasteiger partial charge on any atom is -0.473 e. The number of hydrogen-bond acceptors (Lipinski definition) is 12. The molecule has 6 atom stereocenters. The van der Waals surface area contributed by atoms with Crippen molar-refractivity contribution in [3.63, 3.8) is 0 Å². The van der Waals surface area contributed by atoms with Crippen molar-refractivity contribution in [2.24, 2.45) is 0 Å². The van der Waals surface area contributed by atoms with Crippen molar-refractivity contribution < 1.29 is 37.3 Å². The van der Waals surface area contributed by atoms with Crippen LogP contribution in [0.2, 0.25) is 0 Å². The number of anilines is 1. The van der Waals surface area contributed by atoms with E-state index < -0.39 is 44.2 Å². The average Bonchev–Trinajstić information content (AvgIpc) is 3.25. The van der Waals surface area contributed by atoms with Crippen LogP contribution < -0.4 is 15.6 Å². The lowest BCUT2D eigenvalue weighted by Crippen LogP contribution is -2.49. The maximum Gasteiger partial charge on any atom is 0.500 e. The number of hydrogen-bond donors (Lipinski definition) is 3. The molecule has 2 saturated heterocycles. The number of ether oxygens (including phenoxy) is 3. The Morgan fingerprint density at radius 1 is 1.45 bits per heavy atom. The first kappa shape index (κ1) is 23.9. The van der Waals surface area contributed by atoms with Gasteiger partial charge in [0.2, 0.25) is 11.8 Å². The van der Waals surface area contributed by atoms with E-state index in [0.29, 0.717) is 5.52 Å². The first-order chi connectivity index (χ1) is 15.4. The molecule has 2 unspecified atom stereocenters. The summed E-state index contributed by atoms with van der Waals surface area (Å²) in [6.45, 7) is 6.22. The van der Waals surface area contributed by atoms with Crippen LogP contribution in [0.1, 0.15) is 33.9 Å². The van der Waals surface area contributed by atoms with E-state index in [1.807, 2.05) is 13.8 Å². The molecule has 13 nitrogen and oxygen atoms in total. The average molecular weight is 489 g/mol. The van der Waals surface area contributed by atoms with Gasteiger partial charge in [0, 0.05) is 0 Å². The highest BCUT2D eigenvalue weighted by molar-refractivity contribution is 7.58. The summed E-state index contributed by atoms with van der Waals surface area (Å²) in [5.41, 5.74) is 4.19. The molecule has 15 heteroatoms. The van der Waals surface area contributed by atoms with Gasteiger partial charge in [-0.15, -0.1) is 5.09 Å². The van der Waals surface area contributed by atoms with Gasteiger partial charge in [0.1, 0.15) is 18.8 Å². The number of nitrogens with one attached hydrogen (secondary N) is 1. The summed E-state index contributed by atoms with van der Waals surface area (Å²) in [6.07, 6.45) is -2.13. The fourth-order valence-corrected chi connectivity index (χ4v) is 5.58. The molecule has 4 N–H and O–H groups in total. The fourth-order valence-electron chi connectivity index (χ4n) is 3.79. The monoisotopic (exact) mass is 489 g/mol. The van der Waals surface area contributed by atoms with E-state index >= 15 is 4.39 Å². The van der Waals surface area contributed by atoms with E-state index in [-0.39, 0.29) is 30.2 Å². The maximum absolute atomic E-state index is 16.1. The Balaban J connectivity index is 1.63. The second kappa shape index (κ2) is 8.53. The van der Waals surface area contributed by atoms with E-state index in [0.717, 1.165) is 0 Å². The summed E-state index contributed by atoms with van der Waals surface area (Å²) in [5, 5.41) is 2.56. The summed E-state index contributed by atoms with van der Waals surface area (Å²) in [4.78, 5) is 35.0. The van der Waals surface area contributed by atoms with Crippen molar-refractivity contribution in [3.05, 3.63) is 6.33 Å². The minimum atomic E-state index is -3.78. The van der Waals surface area contributed by atoms with Crippen molar-refractivity contribution in [2.75, 3.05) is 19.5 Å². The highest BCUT2D eigenvalue weighted by Crippen LogP contribution is 2.62. The number of nitrogens with zero attached hydrogens (tertiary/aromatic N) is 4. The summed E-state index contributed by atoms with van der Waals surface area (Å²) >= 11 is 0. The van der Waals surface area contributed by atoms with Gasteiger partial charge in [0.15, 0.2) is 29.2 Å². The van der Waals surface area contributed by atoms with Crippen LogP contribution in [0.25, 0.3) is 11.2 Å².